The molecule has 2 rings (SSSR count). The molecule has 100 valence electrons. The van der Waals surface area contributed by atoms with Gasteiger partial charge < -0.3 is 10.5 Å². The maximum atomic E-state index is 7.67. The minimum absolute atomic E-state index is 0.0306. The molecule has 1 aromatic heterocycles. The van der Waals surface area contributed by atoms with E-state index >= 15 is 0 Å². The Morgan fingerprint density at radius 3 is 2.74 bits per heavy atom. The number of rotatable bonds is 4. The Labute approximate surface area is 116 Å². The zero-order valence-corrected chi connectivity index (χ0v) is 11.9. The number of amidine groups is 1. The average Bonchev–Trinajstić information content (AvgIpc) is 2.65. The maximum Gasteiger partial charge on any atom is 0.132 e. The van der Waals surface area contributed by atoms with Gasteiger partial charge in [-0.3, -0.25) is 10.1 Å². The van der Waals surface area contributed by atoms with Crippen LogP contribution in [0.3, 0.4) is 0 Å². The molecule has 0 unspecified atom stereocenters. The van der Waals surface area contributed by atoms with Crippen LogP contribution in [0.2, 0.25) is 0 Å². The van der Waals surface area contributed by atoms with Gasteiger partial charge in [-0.05, 0) is 19.1 Å². The average molecular weight is 276 g/mol. The SMILES string of the molecule is COc1ccccc1Sc1c(C(=N)N)c(C)nn1C. The molecule has 0 aliphatic heterocycles. The topological polar surface area (TPSA) is 76.9 Å². The third-order valence-electron chi connectivity index (χ3n) is 2.71. The molecule has 0 atom stereocenters. The van der Waals surface area contributed by atoms with Gasteiger partial charge >= 0.3 is 0 Å². The number of nitrogens with two attached hydrogens (primary N) is 1. The number of aromatic nitrogens is 2. The number of nitrogen functional groups attached to an aromatic ring is 1. The first-order valence-corrected chi connectivity index (χ1v) is 6.55. The van der Waals surface area contributed by atoms with E-state index in [0.717, 1.165) is 21.4 Å². The summed E-state index contributed by atoms with van der Waals surface area (Å²) in [7, 11) is 3.48. The molecule has 3 N–H and O–H groups in total. The Hall–Kier alpha value is -1.95. The summed E-state index contributed by atoms with van der Waals surface area (Å²) in [5.74, 6) is 0.823. The second-order valence-electron chi connectivity index (χ2n) is 4.06. The van der Waals surface area contributed by atoms with Crippen LogP contribution < -0.4 is 10.5 Å². The van der Waals surface area contributed by atoms with Crippen LogP contribution in [-0.2, 0) is 7.05 Å². The fourth-order valence-electron chi connectivity index (χ4n) is 1.87. The number of nitrogens with zero attached hydrogens (tertiary/aromatic N) is 2. The van der Waals surface area contributed by atoms with Crippen LogP contribution in [-0.4, -0.2) is 22.7 Å². The predicted molar refractivity (Wildman–Crippen MR) is 76.1 cm³/mol. The molecular formula is C13H16N4OS. The highest BCUT2D eigenvalue weighted by Gasteiger charge is 2.18. The van der Waals surface area contributed by atoms with E-state index in [4.69, 9.17) is 15.9 Å². The van der Waals surface area contributed by atoms with Crippen LogP contribution in [0, 0.1) is 12.3 Å². The summed E-state index contributed by atoms with van der Waals surface area (Å²) in [6.07, 6.45) is 0. The van der Waals surface area contributed by atoms with E-state index in [-0.39, 0.29) is 5.84 Å². The predicted octanol–water partition coefficient (Wildman–Crippen LogP) is 2.17. The minimum atomic E-state index is 0.0306. The quantitative estimate of drug-likeness (QED) is 0.663. The van der Waals surface area contributed by atoms with Crippen molar-refractivity contribution in [2.45, 2.75) is 16.8 Å². The molecule has 0 aliphatic carbocycles. The minimum Gasteiger partial charge on any atom is -0.496 e. The molecule has 5 nitrogen and oxygen atoms in total. The highest BCUT2D eigenvalue weighted by molar-refractivity contribution is 7.99. The molecule has 0 radical (unpaired) electrons. The van der Waals surface area contributed by atoms with E-state index in [2.05, 4.69) is 5.10 Å². The van der Waals surface area contributed by atoms with Gasteiger partial charge in [0.25, 0.3) is 0 Å². The zero-order chi connectivity index (χ0) is 14.0. The first kappa shape index (κ1) is 13.5. The molecule has 0 aliphatic rings. The molecule has 0 spiro atoms. The van der Waals surface area contributed by atoms with Gasteiger partial charge in [0.1, 0.15) is 16.6 Å². The van der Waals surface area contributed by atoms with Gasteiger partial charge in [0.05, 0.1) is 23.3 Å². The lowest BCUT2D eigenvalue weighted by Gasteiger charge is -2.09. The van der Waals surface area contributed by atoms with E-state index in [9.17, 15) is 0 Å². The highest BCUT2D eigenvalue weighted by atomic mass is 32.2. The maximum absolute atomic E-state index is 7.67. The van der Waals surface area contributed by atoms with E-state index < -0.39 is 0 Å². The van der Waals surface area contributed by atoms with Crippen LogP contribution >= 0.6 is 11.8 Å². The molecular weight excluding hydrogens is 260 g/mol. The zero-order valence-electron chi connectivity index (χ0n) is 11.1. The molecule has 2 aromatic rings. The van der Waals surface area contributed by atoms with Crippen molar-refractivity contribution < 1.29 is 4.74 Å². The normalized spacial score (nSPS) is 10.5. The monoisotopic (exact) mass is 276 g/mol. The standard InChI is InChI=1S/C13H16N4OS/c1-8-11(12(14)15)13(17(2)16-8)19-10-7-5-4-6-9(10)18-3/h4-7H,1-3H3,(H3,14,15). The smallest absolute Gasteiger partial charge is 0.132 e. The number of hydrogen-bond acceptors (Lipinski definition) is 4. The number of hydrogen-bond donors (Lipinski definition) is 2. The Balaban J connectivity index is 2.46. The molecule has 0 fully saturated rings. The molecule has 0 bridgehead atoms. The van der Waals surface area contributed by atoms with E-state index in [1.54, 1.807) is 11.8 Å². The lowest BCUT2D eigenvalue weighted by atomic mass is 10.2. The summed E-state index contributed by atoms with van der Waals surface area (Å²) in [4.78, 5) is 0.968. The van der Waals surface area contributed by atoms with Gasteiger partial charge in [0.2, 0.25) is 0 Å². The molecule has 1 aromatic carbocycles. The third-order valence-corrected chi connectivity index (χ3v) is 3.93. The van der Waals surface area contributed by atoms with Gasteiger partial charge in [-0.15, -0.1) is 0 Å². The number of aryl methyl sites for hydroxylation is 2. The van der Waals surface area contributed by atoms with Gasteiger partial charge in [-0.2, -0.15) is 5.10 Å². The highest BCUT2D eigenvalue weighted by Crippen LogP contribution is 2.36. The molecule has 6 heteroatoms. The van der Waals surface area contributed by atoms with E-state index in [0.29, 0.717) is 5.56 Å². The van der Waals surface area contributed by atoms with Crippen LogP contribution in [0.1, 0.15) is 11.3 Å². The van der Waals surface area contributed by atoms with Crippen LogP contribution in [0.15, 0.2) is 34.2 Å². The first-order valence-electron chi connectivity index (χ1n) is 5.73. The second kappa shape index (κ2) is 5.36. The van der Waals surface area contributed by atoms with E-state index in [1.807, 2.05) is 38.2 Å². The summed E-state index contributed by atoms with van der Waals surface area (Å²) in [6, 6.07) is 7.74. The van der Waals surface area contributed by atoms with Crippen molar-refractivity contribution in [1.82, 2.24) is 9.78 Å². The van der Waals surface area contributed by atoms with Crippen molar-refractivity contribution in [2.24, 2.45) is 12.8 Å². The molecule has 19 heavy (non-hydrogen) atoms. The Morgan fingerprint density at radius 2 is 2.11 bits per heavy atom. The Kier molecular flexibility index (Phi) is 3.80. The molecule has 0 amide bonds. The number of methoxy groups -OCH3 is 1. The summed E-state index contributed by atoms with van der Waals surface area (Å²) < 4.78 is 7.07. The second-order valence-corrected chi connectivity index (χ2v) is 5.09. The lowest BCUT2D eigenvalue weighted by Crippen LogP contribution is -2.13. The number of ether oxygens (including phenoxy) is 1. The molecule has 1 heterocycles. The fourth-order valence-corrected chi connectivity index (χ4v) is 3.01. The number of para-hydroxylation sites is 1. The summed E-state index contributed by atoms with van der Waals surface area (Å²) in [5, 5.41) is 12.8. The fraction of sp³-hybridized carbons (Fsp3) is 0.231. The summed E-state index contributed by atoms with van der Waals surface area (Å²) >= 11 is 1.50. The van der Waals surface area contributed by atoms with Gasteiger partial charge in [0.15, 0.2) is 0 Å². The number of nitrogens with one attached hydrogen (secondary N) is 1. The van der Waals surface area contributed by atoms with Crippen molar-refractivity contribution in [3.63, 3.8) is 0 Å². The van der Waals surface area contributed by atoms with Gasteiger partial charge in [0, 0.05) is 7.05 Å². The third kappa shape index (κ3) is 2.58. The van der Waals surface area contributed by atoms with E-state index in [1.165, 1.54) is 11.8 Å². The summed E-state index contributed by atoms with van der Waals surface area (Å²) in [6.45, 7) is 1.85. The van der Waals surface area contributed by atoms with Crippen molar-refractivity contribution in [3.05, 3.63) is 35.5 Å². The van der Waals surface area contributed by atoms with Gasteiger partial charge in [-0.1, -0.05) is 23.9 Å². The first-order chi connectivity index (χ1) is 9.04. The van der Waals surface area contributed by atoms with Gasteiger partial charge in [-0.25, -0.2) is 0 Å². The molecule has 0 saturated carbocycles. The van der Waals surface area contributed by atoms with Crippen molar-refractivity contribution in [1.29, 1.82) is 5.41 Å². The van der Waals surface area contributed by atoms with Crippen molar-refractivity contribution in [3.8, 4) is 5.75 Å². The lowest BCUT2D eigenvalue weighted by molar-refractivity contribution is 0.405. The largest absolute Gasteiger partial charge is 0.496 e. The Morgan fingerprint density at radius 1 is 1.42 bits per heavy atom. The Bertz CT molecular complexity index is 621. The van der Waals surface area contributed by atoms with Crippen molar-refractivity contribution >= 4 is 17.6 Å². The van der Waals surface area contributed by atoms with Crippen LogP contribution in [0.5, 0.6) is 5.75 Å². The van der Waals surface area contributed by atoms with Crippen molar-refractivity contribution in [2.75, 3.05) is 7.11 Å². The molecule has 0 saturated heterocycles. The number of benzene rings is 1. The summed E-state index contributed by atoms with van der Waals surface area (Å²) in [5.41, 5.74) is 7.07. The van der Waals surface area contributed by atoms with Crippen LogP contribution in [0.4, 0.5) is 0 Å². The van der Waals surface area contributed by atoms with Crippen LogP contribution in [0.25, 0.3) is 0 Å².